The van der Waals surface area contributed by atoms with Crippen LogP contribution in [0.2, 0.25) is 0 Å². The summed E-state index contributed by atoms with van der Waals surface area (Å²) in [6.07, 6.45) is 1.47. The van der Waals surface area contributed by atoms with Gasteiger partial charge in [-0.05, 0) is 41.5 Å². The molecule has 0 aliphatic carbocycles. The molecule has 0 radical (unpaired) electrons. The molecule has 0 saturated carbocycles. The molecule has 0 aromatic carbocycles. The lowest BCUT2D eigenvalue weighted by atomic mass is 10.6. The van der Waals surface area contributed by atoms with Gasteiger partial charge in [-0.15, -0.1) is 0 Å². The van der Waals surface area contributed by atoms with Gasteiger partial charge in [-0.25, -0.2) is 12.7 Å². The zero-order chi connectivity index (χ0) is 41.8. The van der Waals surface area contributed by atoms with E-state index < -0.39 is 22.3 Å². The Balaban J connectivity index is -0.0000000287. The van der Waals surface area contributed by atoms with Gasteiger partial charge in [-0.3, -0.25) is 27.5 Å². The molecule has 0 aromatic heterocycles. The number of nitrogens with zero attached hydrogens (tertiary/aromatic N) is 3. The topological polar surface area (TPSA) is 200 Å². The summed E-state index contributed by atoms with van der Waals surface area (Å²) >= 11 is -2.32. The lowest BCUT2D eigenvalue weighted by molar-refractivity contribution is -0.138. The molecule has 16 nitrogen and oxygen atoms in total. The van der Waals surface area contributed by atoms with Crippen molar-refractivity contribution in [2.45, 2.75) is 105 Å². The molecule has 18 heteroatoms. The van der Waals surface area contributed by atoms with Gasteiger partial charge in [0.15, 0.2) is 11.1 Å². The smallest absolute Gasteiger partial charge is 0.302 e. The number of carbonyl (C=O) groups excluding carboxylic acids is 7. The van der Waals surface area contributed by atoms with Crippen LogP contribution in [0.15, 0.2) is 0 Å². The van der Waals surface area contributed by atoms with Crippen molar-refractivity contribution < 1.29 is 59.8 Å². The molecule has 318 valence electrons. The van der Waals surface area contributed by atoms with Crippen LogP contribution in [0.5, 0.6) is 0 Å². The summed E-state index contributed by atoms with van der Waals surface area (Å²) in [7, 11) is 15.8. The van der Waals surface area contributed by atoms with E-state index in [9.17, 15) is 42.0 Å². The molecule has 0 fully saturated rings. The Bertz CT molecular complexity index is 747. The number of esters is 2. The summed E-state index contributed by atoms with van der Waals surface area (Å²) in [6, 6.07) is 0. The van der Waals surface area contributed by atoms with Gasteiger partial charge in [-0.1, -0.05) is 36.1 Å². The molecule has 0 aliphatic rings. The predicted octanol–water partition coefficient (Wildman–Crippen LogP) is 4.97. The highest BCUT2D eigenvalue weighted by Gasteiger charge is 1.95. The largest absolute Gasteiger partial charge is 0.469 e. The Morgan fingerprint density at radius 1 is 0.451 bits per heavy atom. The number of Topliss-reactive ketones (excluding diaryl/α,β-unsaturated/α-hetero) is 3. The van der Waals surface area contributed by atoms with Crippen LogP contribution in [0.1, 0.15) is 105 Å². The number of hydrogen-bond acceptors (Lipinski definition) is 13. The summed E-state index contributed by atoms with van der Waals surface area (Å²) < 4.78 is 38.4. The standard InChI is InChI=1S/2C4H9NO.C3H9NO2S.2C3H6O2.3C3H6O.C2H6O2S.C2H6.3CH4/c2*1-4(6)5(2)3;1-4(2)7(5)6-3;2*1-3(4)5-2;3*1-3(2)4;1-4-5(2)3;1-2;;;/h2*1-3H3;1-3H3;2*1-2H3;3*1-2H3;1-2H3;1-2H3;3*1H4. The number of methoxy groups -OCH3 is 2. The van der Waals surface area contributed by atoms with E-state index in [0.717, 1.165) is 0 Å². The van der Waals surface area contributed by atoms with Crippen molar-refractivity contribution in [2.75, 3.05) is 77.0 Å². The van der Waals surface area contributed by atoms with E-state index in [1.807, 2.05) is 13.8 Å². The lowest BCUT2D eigenvalue weighted by Crippen LogP contribution is -2.17. The summed E-state index contributed by atoms with van der Waals surface area (Å²) in [5.74, 6) is 0.194. The molecule has 2 unspecified atom stereocenters. The first kappa shape index (κ1) is 86.6. The third-order valence-corrected chi connectivity index (χ3v) is 3.86. The second-order valence-electron chi connectivity index (χ2n) is 8.71. The van der Waals surface area contributed by atoms with Gasteiger partial charge >= 0.3 is 11.9 Å². The summed E-state index contributed by atoms with van der Waals surface area (Å²) in [4.78, 5) is 70.7. The van der Waals surface area contributed by atoms with E-state index in [0.29, 0.717) is 0 Å². The van der Waals surface area contributed by atoms with Crippen LogP contribution in [-0.2, 0) is 73.7 Å². The Labute approximate surface area is 319 Å². The third-order valence-electron chi connectivity index (χ3n) is 2.51. The van der Waals surface area contributed by atoms with Crippen molar-refractivity contribution in [3.63, 3.8) is 0 Å². The van der Waals surface area contributed by atoms with E-state index >= 15 is 0 Å². The first-order valence-electron chi connectivity index (χ1n) is 13.9. The minimum absolute atomic E-state index is 0. The maximum atomic E-state index is 10.3. The average molecular weight is 792 g/mol. The maximum absolute atomic E-state index is 10.3. The highest BCUT2D eigenvalue weighted by Crippen LogP contribution is 1.82. The Hall–Kier alpha value is -2.93. The first-order valence-corrected chi connectivity index (χ1v) is 16.4. The first-order chi connectivity index (χ1) is 21.5. The lowest BCUT2D eigenvalue weighted by Gasteiger charge is -2.03. The fourth-order valence-corrected chi connectivity index (χ4v) is 0.447. The summed E-state index contributed by atoms with van der Waals surface area (Å²) in [5, 5.41) is 0. The zero-order valence-electron chi connectivity index (χ0n) is 34.0. The molecular weight excluding hydrogens is 711 g/mol. The van der Waals surface area contributed by atoms with Crippen LogP contribution in [-0.4, -0.2) is 141 Å². The zero-order valence-corrected chi connectivity index (χ0v) is 35.6. The van der Waals surface area contributed by atoms with Crippen LogP contribution < -0.4 is 0 Å². The van der Waals surface area contributed by atoms with E-state index in [2.05, 4.69) is 17.8 Å². The Morgan fingerprint density at radius 2 is 0.569 bits per heavy atom. The molecule has 0 rings (SSSR count). The Kier molecular flexibility index (Phi) is 123. The quantitative estimate of drug-likeness (QED) is 0.348. The molecule has 0 bridgehead atoms. The molecule has 0 spiro atoms. The van der Waals surface area contributed by atoms with Gasteiger partial charge in [0.05, 0.1) is 28.4 Å². The van der Waals surface area contributed by atoms with Crippen LogP contribution in [0.25, 0.3) is 0 Å². The molecule has 0 saturated heterocycles. The van der Waals surface area contributed by atoms with Gasteiger partial charge in [0.1, 0.15) is 17.3 Å². The Morgan fingerprint density at radius 3 is 0.569 bits per heavy atom. The van der Waals surface area contributed by atoms with Crippen molar-refractivity contribution in [1.29, 1.82) is 0 Å². The monoisotopic (exact) mass is 792 g/mol. The summed E-state index contributed by atoms with van der Waals surface area (Å²) in [6.45, 7) is 18.9. The maximum Gasteiger partial charge on any atom is 0.302 e. The van der Waals surface area contributed by atoms with Crippen molar-refractivity contribution in [3.05, 3.63) is 0 Å². The normalized spacial score (nSPS) is 8.31. The highest BCUT2D eigenvalue weighted by atomic mass is 32.2. The number of rotatable bonds is 3. The fourth-order valence-electron chi connectivity index (χ4n) is 0.149. The van der Waals surface area contributed by atoms with E-state index in [4.69, 9.17) is 0 Å². The second kappa shape index (κ2) is 72.7. The molecule has 51 heavy (non-hydrogen) atoms. The minimum atomic E-state index is -1.25. The van der Waals surface area contributed by atoms with Gasteiger partial charge < -0.3 is 33.7 Å². The van der Waals surface area contributed by atoms with Crippen molar-refractivity contribution >= 4 is 63.4 Å². The fraction of sp³-hybridized carbons (Fsp3) is 0.788. The molecular formula is C33H81N3O13S2. The second-order valence-corrected chi connectivity index (χ2v) is 11.3. The van der Waals surface area contributed by atoms with Crippen molar-refractivity contribution in [3.8, 4) is 0 Å². The predicted molar refractivity (Wildman–Crippen MR) is 215 cm³/mol. The number of ether oxygens (including phenoxy) is 2. The van der Waals surface area contributed by atoms with E-state index in [1.54, 1.807) is 42.3 Å². The molecule has 0 heterocycles. The van der Waals surface area contributed by atoms with Crippen molar-refractivity contribution in [2.24, 2.45) is 0 Å². The van der Waals surface area contributed by atoms with Gasteiger partial charge in [0, 0.05) is 76.2 Å². The van der Waals surface area contributed by atoms with Gasteiger partial charge in [0.25, 0.3) is 0 Å². The molecule has 2 atom stereocenters. The van der Waals surface area contributed by atoms with Crippen molar-refractivity contribution in [1.82, 2.24) is 14.1 Å². The van der Waals surface area contributed by atoms with E-state index in [-0.39, 0.29) is 63.4 Å². The molecule has 0 N–H and O–H groups in total. The molecule has 0 aliphatic heterocycles. The van der Waals surface area contributed by atoms with Gasteiger partial charge in [0.2, 0.25) is 23.1 Å². The highest BCUT2D eigenvalue weighted by molar-refractivity contribution is 7.79. The third kappa shape index (κ3) is 328. The van der Waals surface area contributed by atoms with E-state index in [1.165, 1.54) is 118 Å². The number of amides is 2. The summed E-state index contributed by atoms with van der Waals surface area (Å²) in [5.41, 5.74) is 0. The van der Waals surface area contributed by atoms with Gasteiger partial charge in [-0.2, -0.15) is 0 Å². The molecule has 0 aromatic rings. The van der Waals surface area contributed by atoms with Crippen LogP contribution in [0.3, 0.4) is 0 Å². The van der Waals surface area contributed by atoms with Crippen LogP contribution in [0, 0.1) is 0 Å². The number of ketones is 3. The van der Waals surface area contributed by atoms with Crippen LogP contribution in [0.4, 0.5) is 0 Å². The number of carbonyl (C=O) groups is 7. The molecule has 2 amide bonds. The van der Waals surface area contributed by atoms with Crippen LogP contribution >= 0.6 is 0 Å². The average Bonchev–Trinajstić information content (AvgIpc) is 2.94. The minimum Gasteiger partial charge on any atom is -0.469 e. The number of hydrogen-bond donors (Lipinski definition) is 0. The SMILES string of the molecule is C.C.C.CC.CC(=O)N(C)C.CC(=O)N(C)C.CC(C)=O.CC(C)=O.CC(C)=O.COC(C)=O.COC(C)=O.COS(=O)N(C)C.COS(C)=O.